The Balaban J connectivity index is 1.76. The topological polar surface area (TPSA) is 85.8 Å². The summed E-state index contributed by atoms with van der Waals surface area (Å²) in [6.07, 6.45) is 6.28. The van der Waals surface area contributed by atoms with Crippen LogP contribution in [0.2, 0.25) is 0 Å². The first kappa shape index (κ1) is 18.1. The van der Waals surface area contributed by atoms with E-state index >= 15 is 0 Å². The van der Waals surface area contributed by atoms with Crippen LogP contribution in [0.1, 0.15) is 49.4 Å². The predicted molar refractivity (Wildman–Crippen MR) is 96.4 cm³/mol. The Morgan fingerprint density at radius 1 is 1.17 bits per heavy atom. The summed E-state index contributed by atoms with van der Waals surface area (Å²) in [5, 5.41) is 18.8. The Kier molecular flexibility index (Phi) is 7.39. The van der Waals surface area contributed by atoms with E-state index in [1.54, 1.807) is 12.1 Å². The molecule has 0 heterocycles. The normalized spacial score (nSPS) is 15.8. The summed E-state index contributed by atoms with van der Waals surface area (Å²) < 4.78 is 0. The number of phenolic OH excluding ortho intramolecular Hbond substituents is 1. The van der Waals surface area contributed by atoms with Gasteiger partial charge in [-0.1, -0.05) is 19.3 Å². The van der Waals surface area contributed by atoms with E-state index in [4.69, 9.17) is 0 Å². The highest BCUT2D eigenvalue weighted by atomic mass is 16.3. The number of aromatic hydroxyl groups is 1. The molecule has 6 heteroatoms. The van der Waals surface area contributed by atoms with Gasteiger partial charge < -0.3 is 21.1 Å². The molecule has 1 saturated carbocycles. The maximum atomic E-state index is 12.0. The Labute approximate surface area is 143 Å². The number of hydrogen-bond donors (Lipinski definition) is 4. The Morgan fingerprint density at radius 3 is 2.54 bits per heavy atom. The van der Waals surface area contributed by atoms with Crippen molar-refractivity contribution in [1.82, 2.24) is 16.0 Å². The van der Waals surface area contributed by atoms with Gasteiger partial charge in [-0.3, -0.25) is 9.79 Å². The number of phenols is 1. The molecule has 0 spiro atoms. The number of aliphatic imine (C=N–C) groups is 1. The molecule has 0 saturated heterocycles. The molecule has 0 radical (unpaired) electrons. The molecule has 1 aromatic carbocycles. The maximum absolute atomic E-state index is 12.0. The standard InChI is InChI=1S/C18H28N4O2/c1-2-19-18(22-15-6-4-3-5-7-15)21-13-12-20-17(24)14-8-10-16(23)11-9-14/h8-11,15,23H,2-7,12-13H2,1H3,(H,20,24)(H2,19,21,22). The van der Waals surface area contributed by atoms with Crippen LogP contribution in [-0.2, 0) is 0 Å². The summed E-state index contributed by atoms with van der Waals surface area (Å²) in [5.74, 6) is 0.818. The van der Waals surface area contributed by atoms with Crippen LogP contribution in [0.4, 0.5) is 0 Å². The van der Waals surface area contributed by atoms with Gasteiger partial charge in [0.2, 0.25) is 0 Å². The SMILES string of the molecule is CCNC(=NCCNC(=O)c1ccc(O)cc1)NC1CCCCC1. The van der Waals surface area contributed by atoms with Crippen molar-refractivity contribution in [1.29, 1.82) is 0 Å². The number of nitrogens with one attached hydrogen (secondary N) is 3. The molecule has 0 bridgehead atoms. The minimum atomic E-state index is -0.157. The quantitative estimate of drug-likeness (QED) is 0.365. The zero-order valence-corrected chi connectivity index (χ0v) is 14.3. The first-order valence-electron chi connectivity index (χ1n) is 8.81. The smallest absolute Gasteiger partial charge is 0.251 e. The van der Waals surface area contributed by atoms with Gasteiger partial charge in [-0.05, 0) is 44.0 Å². The van der Waals surface area contributed by atoms with Crippen molar-refractivity contribution in [2.24, 2.45) is 4.99 Å². The molecule has 1 amide bonds. The minimum absolute atomic E-state index is 0.153. The number of amides is 1. The van der Waals surface area contributed by atoms with Gasteiger partial charge >= 0.3 is 0 Å². The molecule has 0 unspecified atom stereocenters. The monoisotopic (exact) mass is 332 g/mol. The van der Waals surface area contributed by atoms with Crippen LogP contribution in [0.15, 0.2) is 29.3 Å². The summed E-state index contributed by atoms with van der Waals surface area (Å²) in [6.45, 7) is 3.86. The number of carbonyl (C=O) groups excluding carboxylic acids is 1. The maximum Gasteiger partial charge on any atom is 0.251 e. The molecule has 0 aromatic heterocycles. The van der Waals surface area contributed by atoms with E-state index in [0.717, 1.165) is 12.5 Å². The molecular weight excluding hydrogens is 304 g/mol. The van der Waals surface area contributed by atoms with Crippen molar-refractivity contribution in [3.05, 3.63) is 29.8 Å². The zero-order valence-electron chi connectivity index (χ0n) is 14.3. The van der Waals surface area contributed by atoms with Crippen LogP contribution in [0.25, 0.3) is 0 Å². The Bertz CT molecular complexity index is 536. The summed E-state index contributed by atoms with van der Waals surface area (Å²) in [5.41, 5.74) is 0.531. The van der Waals surface area contributed by atoms with Gasteiger partial charge in [0.25, 0.3) is 5.91 Å². The Hall–Kier alpha value is -2.24. The lowest BCUT2D eigenvalue weighted by molar-refractivity contribution is 0.0955. The highest BCUT2D eigenvalue weighted by Gasteiger charge is 2.14. The van der Waals surface area contributed by atoms with Crippen molar-refractivity contribution in [3.8, 4) is 5.75 Å². The Morgan fingerprint density at radius 2 is 1.88 bits per heavy atom. The van der Waals surface area contributed by atoms with Gasteiger partial charge in [-0.25, -0.2) is 0 Å². The van der Waals surface area contributed by atoms with E-state index in [1.165, 1.54) is 44.2 Å². The van der Waals surface area contributed by atoms with Crippen molar-refractivity contribution >= 4 is 11.9 Å². The molecule has 6 nitrogen and oxygen atoms in total. The van der Waals surface area contributed by atoms with E-state index < -0.39 is 0 Å². The van der Waals surface area contributed by atoms with Gasteiger partial charge in [-0.15, -0.1) is 0 Å². The first-order chi connectivity index (χ1) is 11.7. The summed E-state index contributed by atoms with van der Waals surface area (Å²) in [6, 6.07) is 6.71. The second-order valence-electron chi connectivity index (χ2n) is 6.04. The average Bonchev–Trinajstić information content (AvgIpc) is 2.60. The lowest BCUT2D eigenvalue weighted by atomic mass is 9.96. The van der Waals surface area contributed by atoms with Gasteiger partial charge in [0.05, 0.1) is 6.54 Å². The van der Waals surface area contributed by atoms with Crippen LogP contribution in [-0.4, -0.2) is 42.6 Å². The van der Waals surface area contributed by atoms with Crippen LogP contribution < -0.4 is 16.0 Å². The lowest BCUT2D eigenvalue weighted by Crippen LogP contribution is -2.44. The van der Waals surface area contributed by atoms with Crippen LogP contribution >= 0.6 is 0 Å². The molecule has 0 atom stereocenters. The van der Waals surface area contributed by atoms with Gasteiger partial charge in [0, 0.05) is 24.7 Å². The van der Waals surface area contributed by atoms with Crippen LogP contribution in [0.3, 0.4) is 0 Å². The van der Waals surface area contributed by atoms with E-state index in [9.17, 15) is 9.90 Å². The number of rotatable bonds is 6. The van der Waals surface area contributed by atoms with Crippen LogP contribution in [0.5, 0.6) is 5.75 Å². The molecule has 1 aromatic rings. The molecule has 24 heavy (non-hydrogen) atoms. The number of carbonyl (C=O) groups is 1. The second-order valence-corrected chi connectivity index (χ2v) is 6.04. The van der Waals surface area contributed by atoms with Gasteiger partial charge in [0.15, 0.2) is 5.96 Å². The highest BCUT2D eigenvalue weighted by Crippen LogP contribution is 2.17. The van der Waals surface area contributed by atoms with E-state index in [0.29, 0.717) is 24.7 Å². The van der Waals surface area contributed by atoms with Crippen molar-refractivity contribution in [2.45, 2.75) is 45.1 Å². The predicted octanol–water partition coefficient (Wildman–Crippen LogP) is 2.01. The summed E-state index contributed by atoms with van der Waals surface area (Å²) in [7, 11) is 0. The molecule has 0 aliphatic heterocycles. The molecule has 2 rings (SSSR count). The van der Waals surface area contributed by atoms with Crippen molar-refractivity contribution < 1.29 is 9.90 Å². The largest absolute Gasteiger partial charge is 0.508 e. The van der Waals surface area contributed by atoms with Crippen molar-refractivity contribution in [3.63, 3.8) is 0 Å². The molecule has 4 N–H and O–H groups in total. The fourth-order valence-electron chi connectivity index (χ4n) is 2.81. The third-order valence-corrected chi connectivity index (χ3v) is 4.09. The van der Waals surface area contributed by atoms with E-state index in [1.807, 2.05) is 6.92 Å². The fraction of sp³-hybridized carbons (Fsp3) is 0.556. The zero-order chi connectivity index (χ0) is 17.2. The molecule has 1 aliphatic carbocycles. The summed E-state index contributed by atoms with van der Waals surface area (Å²) >= 11 is 0. The minimum Gasteiger partial charge on any atom is -0.508 e. The second kappa shape index (κ2) is 9.80. The molecular formula is C18H28N4O2. The van der Waals surface area contributed by atoms with Gasteiger partial charge in [0.1, 0.15) is 5.75 Å². The first-order valence-corrected chi connectivity index (χ1v) is 8.81. The number of hydrogen-bond acceptors (Lipinski definition) is 3. The number of benzene rings is 1. The third-order valence-electron chi connectivity index (χ3n) is 4.09. The third kappa shape index (κ3) is 6.10. The van der Waals surface area contributed by atoms with E-state index in [-0.39, 0.29) is 11.7 Å². The lowest BCUT2D eigenvalue weighted by Gasteiger charge is -2.24. The number of nitrogens with zero attached hydrogens (tertiary/aromatic N) is 1. The van der Waals surface area contributed by atoms with Crippen LogP contribution in [0, 0.1) is 0 Å². The van der Waals surface area contributed by atoms with Crippen molar-refractivity contribution in [2.75, 3.05) is 19.6 Å². The molecule has 1 fully saturated rings. The summed E-state index contributed by atoms with van der Waals surface area (Å²) in [4.78, 5) is 16.5. The molecule has 132 valence electrons. The van der Waals surface area contributed by atoms with Gasteiger partial charge in [-0.2, -0.15) is 0 Å². The van der Waals surface area contributed by atoms with E-state index in [2.05, 4.69) is 20.9 Å². The fourth-order valence-corrected chi connectivity index (χ4v) is 2.81. The highest BCUT2D eigenvalue weighted by molar-refractivity contribution is 5.94. The average molecular weight is 332 g/mol. The number of guanidine groups is 1. The molecule has 1 aliphatic rings.